The highest BCUT2D eigenvalue weighted by Crippen LogP contribution is 2.42. The van der Waals surface area contributed by atoms with Crippen molar-refractivity contribution >= 4 is 5.84 Å². The standard InChI is InChI=1S/C14H28N2/c1-2-3-4-5-6-7-10-14(13(15)16)11-8-9-12-14/h2-12H2,1H3,(H3,15,16). The van der Waals surface area contributed by atoms with Crippen LogP contribution in [0.4, 0.5) is 0 Å². The number of amidine groups is 1. The zero-order valence-electron chi connectivity index (χ0n) is 10.9. The minimum absolute atomic E-state index is 0.102. The van der Waals surface area contributed by atoms with Crippen LogP contribution in [-0.2, 0) is 0 Å². The lowest BCUT2D eigenvalue weighted by molar-refractivity contribution is 0.371. The molecular weight excluding hydrogens is 196 g/mol. The van der Waals surface area contributed by atoms with Crippen LogP contribution in [0.15, 0.2) is 0 Å². The molecule has 0 saturated heterocycles. The molecule has 0 unspecified atom stereocenters. The first-order valence-electron chi connectivity index (χ1n) is 7.06. The lowest BCUT2D eigenvalue weighted by Crippen LogP contribution is -2.33. The summed E-state index contributed by atoms with van der Waals surface area (Å²) >= 11 is 0. The molecule has 0 aromatic carbocycles. The Morgan fingerprint density at radius 3 is 2.19 bits per heavy atom. The average Bonchev–Trinajstić information content (AvgIpc) is 2.73. The first-order chi connectivity index (χ1) is 7.71. The van der Waals surface area contributed by atoms with Crippen LogP contribution >= 0.6 is 0 Å². The van der Waals surface area contributed by atoms with E-state index >= 15 is 0 Å². The lowest BCUT2D eigenvalue weighted by atomic mass is 9.80. The third-order valence-corrected chi connectivity index (χ3v) is 4.14. The van der Waals surface area contributed by atoms with Crippen LogP contribution in [0.2, 0.25) is 0 Å². The van der Waals surface area contributed by atoms with Crippen LogP contribution in [0.1, 0.15) is 77.6 Å². The second kappa shape index (κ2) is 6.93. The van der Waals surface area contributed by atoms with Crippen molar-refractivity contribution in [2.75, 3.05) is 0 Å². The summed E-state index contributed by atoms with van der Waals surface area (Å²) in [5, 5.41) is 7.76. The summed E-state index contributed by atoms with van der Waals surface area (Å²) in [4.78, 5) is 0. The molecule has 1 aliphatic carbocycles. The summed E-state index contributed by atoms with van der Waals surface area (Å²) in [5.74, 6) is 0.457. The topological polar surface area (TPSA) is 49.9 Å². The molecule has 0 spiro atoms. The number of rotatable bonds is 8. The Bertz CT molecular complexity index is 205. The maximum absolute atomic E-state index is 7.76. The van der Waals surface area contributed by atoms with Gasteiger partial charge in [-0.15, -0.1) is 0 Å². The van der Waals surface area contributed by atoms with Gasteiger partial charge in [0.2, 0.25) is 0 Å². The van der Waals surface area contributed by atoms with Gasteiger partial charge in [0, 0.05) is 5.41 Å². The molecule has 16 heavy (non-hydrogen) atoms. The van der Waals surface area contributed by atoms with Crippen LogP contribution in [0.25, 0.3) is 0 Å². The number of nitrogens with two attached hydrogens (primary N) is 1. The van der Waals surface area contributed by atoms with Crippen LogP contribution in [0, 0.1) is 10.8 Å². The summed E-state index contributed by atoms with van der Waals surface area (Å²) < 4.78 is 0. The van der Waals surface area contributed by atoms with Crippen molar-refractivity contribution in [3.05, 3.63) is 0 Å². The molecule has 1 rings (SSSR count). The Hall–Kier alpha value is -0.530. The number of nitrogens with one attached hydrogen (secondary N) is 1. The molecule has 0 aromatic heterocycles. The molecule has 0 atom stereocenters. The quantitative estimate of drug-likeness (QED) is 0.362. The molecule has 0 aromatic rings. The second-order valence-corrected chi connectivity index (χ2v) is 5.42. The van der Waals surface area contributed by atoms with Crippen molar-refractivity contribution in [3.63, 3.8) is 0 Å². The van der Waals surface area contributed by atoms with Crippen molar-refractivity contribution in [1.82, 2.24) is 0 Å². The monoisotopic (exact) mass is 224 g/mol. The van der Waals surface area contributed by atoms with Crippen LogP contribution < -0.4 is 5.73 Å². The van der Waals surface area contributed by atoms with Gasteiger partial charge in [-0.2, -0.15) is 0 Å². The molecule has 0 aliphatic heterocycles. The predicted molar refractivity (Wildman–Crippen MR) is 70.8 cm³/mol. The fraction of sp³-hybridized carbons (Fsp3) is 0.929. The normalized spacial score (nSPS) is 18.8. The molecule has 1 aliphatic rings. The van der Waals surface area contributed by atoms with E-state index in [1.807, 2.05) is 0 Å². The molecule has 1 saturated carbocycles. The molecule has 0 heterocycles. The van der Waals surface area contributed by atoms with E-state index in [0.29, 0.717) is 5.84 Å². The van der Waals surface area contributed by atoms with Crippen LogP contribution in [-0.4, -0.2) is 5.84 Å². The Balaban J connectivity index is 2.16. The summed E-state index contributed by atoms with van der Waals surface area (Å²) in [7, 11) is 0. The lowest BCUT2D eigenvalue weighted by Gasteiger charge is -2.27. The molecule has 1 fully saturated rings. The van der Waals surface area contributed by atoms with E-state index in [9.17, 15) is 0 Å². The summed E-state index contributed by atoms with van der Waals surface area (Å²) in [6.45, 7) is 2.25. The molecule has 94 valence electrons. The van der Waals surface area contributed by atoms with Gasteiger partial charge in [-0.25, -0.2) is 0 Å². The first kappa shape index (κ1) is 13.5. The second-order valence-electron chi connectivity index (χ2n) is 5.42. The maximum atomic E-state index is 7.76. The third kappa shape index (κ3) is 3.80. The van der Waals surface area contributed by atoms with Crippen molar-refractivity contribution in [1.29, 1.82) is 5.41 Å². The maximum Gasteiger partial charge on any atom is 0.0968 e. The molecule has 3 N–H and O–H groups in total. The van der Waals surface area contributed by atoms with Gasteiger partial charge in [0.15, 0.2) is 0 Å². The first-order valence-corrected chi connectivity index (χ1v) is 7.06. The smallest absolute Gasteiger partial charge is 0.0968 e. The highest BCUT2D eigenvalue weighted by molar-refractivity contribution is 5.83. The van der Waals surface area contributed by atoms with Crippen molar-refractivity contribution in [2.45, 2.75) is 77.6 Å². The number of unbranched alkanes of at least 4 members (excludes halogenated alkanes) is 5. The van der Waals surface area contributed by atoms with Gasteiger partial charge in [0.25, 0.3) is 0 Å². The average molecular weight is 224 g/mol. The molecule has 2 nitrogen and oxygen atoms in total. The summed E-state index contributed by atoms with van der Waals surface area (Å²) in [5.41, 5.74) is 5.88. The predicted octanol–water partition coefficient (Wildman–Crippen LogP) is 4.23. The Morgan fingerprint density at radius 1 is 1.06 bits per heavy atom. The fourth-order valence-corrected chi connectivity index (χ4v) is 2.95. The third-order valence-electron chi connectivity index (χ3n) is 4.14. The van der Waals surface area contributed by atoms with Crippen molar-refractivity contribution in [2.24, 2.45) is 11.1 Å². The van der Waals surface area contributed by atoms with Gasteiger partial charge in [0.05, 0.1) is 5.84 Å². The molecule has 0 bridgehead atoms. The zero-order chi connectivity index (χ0) is 11.9. The van der Waals surface area contributed by atoms with Gasteiger partial charge in [-0.3, -0.25) is 5.41 Å². The van der Waals surface area contributed by atoms with E-state index in [4.69, 9.17) is 11.1 Å². The minimum atomic E-state index is 0.102. The fourth-order valence-electron chi connectivity index (χ4n) is 2.95. The van der Waals surface area contributed by atoms with E-state index in [1.54, 1.807) is 0 Å². The van der Waals surface area contributed by atoms with E-state index in [2.05, 4.69) is 6.92 Å². The highest BCUT2D eigenvalue weighted by Gasteiger charge is 2.35. The number of hydrogen-bond acceptors (Lipinski definition) is 1. The highest BCUT2D eigenvalue weighted by atomic mass is 14.8. The van der Waals surface area contributed by atoms with Gasteiger partial charge >= 0.3 is 0 Å². The SMILES string of the molecule is CCCCCCCCC1(C(=N)N)CCCC1. The summed E-state index contributed by atoms with van der Waals surface area (Å²) in [6, 6.07) is 0. The summed E-state index contributed by atoms with van der Waals surface area (Å²) in [6.07, 6.45) is 14.1. The van der Waals surface area contributed by atoms with Crippen LogP contribution in [0.3, 0.4) is 0 Å². The van der Waals surface area contributed by atoms with Crippen molar-refractivity contribution < 1.29 is 0 Å². The zero-order valence-corrected chi connectivity index (χ0v) is 10.9. The Kier molecular flexibility index (Phi) is 5.86. The van der Waals surface area contributed by atoms with Gasteiger partial charge in [-0.1, -0.05) is 58.3 Å². The van der Waals surface area contributed by atoms with Gasteiger partial charge in [-0.05, 0) is 19.3 Å². The molecule has 0 amide bonds. The molecular formula is C14H28N2. The Morgan fingerprint density at radius 2 is 1.62 bits per heavy atom. The molecule has 2 heteroatoms. The van der Waals surface area contributed by atoms with Gasteiger partial charge < -0.3 is 5.73 Å². The largest absolute Gasteiger partial charge is 0.387 e. The van der Waals surface area contributed by atoms with Crippen molar-refractivity contribution in [3.8, 4) is 0 Å². The van der Waals surface area contributed by atoms with E-state index < -0.39 is 0 Å². The van der Waals surface area contributed by atoms with E-state index in [0.717, 1.165) is 19.3 Å². The Labute approximate surface area is 101 Å². The van der Waals surface area contributed by atoms with E-state index in [1.165, 1.54) is 51.4 Å². The number of hydrogen-bond donors (Lipinski definition) is 2. The van der Waals surface area contributed by atoms with Gasteiger partial charge in [0.1, 0.15) is 0 Å². The molecule has 0 radical (unpaired) electrons. The van der Waals surface area contributed by atoms with E-state index in [-0.39, 0.29) is 5.41 Å². The van der Waals surface area contributed by atoms with Crippen LogP contribution in [0.5, 0.6) is 0 Å². The minimum Gasteiger partial charge on any atom is -0.387 e.